The van der Waals surface area contributed by atoms with Gasteiger partial charge in [-0.1, -0.05) is 0 Å². The molecule has 0 spiro atoms. The van der Waals surface area contributed by atoms with Gasteiger partial charge in [0.1, 0.15) is 5.82 Å². The molecule has 0 unspecified atom stereocenters. The number of rotatable bonds is 5. The van der Waals surface area contributed by atoms with Gasteiger partial charge in [-0.05, 0) is 26.1 Å². The minimum Gasteiger partial charge on any atom is -0.378 e. The number of nitrogens with one attached hydrogen (secondary N) is 1. The predicted octanol–water partition coefficient (Wildman–Crippen LogP) is 1.47. The first-order chi connectivity index (χ1) is 13.5. The lowest BCUT2D eigenvalue weighted by atomic mass is 10.1. The Bertz CT molecular complexity index is 1070. The van der Waals surface area contributed by atoms with Gasteiger partial charge in [0.2, 0.25) is 5.43 Å². The van der Waals surface area contributed by atoms with Gasteiger partial charge in [0.25, 0.3) is 0 Å². The van der Waals surface area contributed by atoms with Crippen molar-refractivity contribution in [3.63, 3.8) is 0 Å². The maximum Gasteiger partial charge on any atom is 0.201 e. The van der Waals surface area contributed by atoms with Crippen LogP contribution in [0.5, 0.6) is 0 Å². The van der Waals surface area contributed by atoms with Crippen molar-refractivity contribution in [3.8, 4) is 5.13 Å². The molecule has 1 aliphatic rings. The number of carbonyl (C=O) groups excluding carboxylic acids is 1. The van der Waals surface area contributed by atoms with E-state index in [2.05, 4.69) is 15.2 Å². The van der Waals surface area contributed by atoms with Crippen molar-refractivity contribution in [1.82, 2.24) is 19.9 Å². The number of aromatic nitrogens is 3. The van der Waals surface area contributed by atoms with Crippen LogP contribution in [0.15, 0.2) is 34.7 Å². The Balaban J connectivity index is 1.87. The molecule has 1 fully saturated rings. The average molecular weight is 399 g/mol. The second-order valence-corrected chi connectivity index (χ2v) is 7.60. The number of fused-ring (bicyclic) bond motifs is 1. The van der Waals surface area contributed by atoms with Crippen molar-refractivity contribution >= 4 is 34.0 Å². The lowest BCUT2D eigenvalue weighted by Crippen LogP contribution is -2.37. The van der Waals surface area contributed by atoms with E-state index in [1.165, 1.54) is 18.3 Å². The van der Waals surface area contributed by atoms with Crippen LogP contribution in [-0.2, 0) is 4.74 Å². The fourth-order valence-corrected chi connectivity index (χ4v) is 4.20. The van der Waals surface area contributed by atoms with Crippen molar-refractivity contribution in [2.75, 3.05) is 32.1 Å². The largest absolute Gasteiger partial charge is 0.378 e. The number of hydrogen-bond acceptors (Lipinski definition) is 8. The molecule has 0 amide bonds. The molecule has 9 heteroatoms. The topological polar surface area (TPSA) is 89.4 Å². The van der Waals surface area contributed by atoms with Crippen LogP contribution in [0.1, 0.15) is 17.3 Å². The number of nitrogens with zero attached hydrogens (tertiary/aromatic N) is 4. The second kappa shape index (κ2) is 7.42. The summed E-state index contributed by atoms with van der Waals surface area (Å²) in [5.74, 6) is 0.480. The zero-order valence-electron chi connectivity index (χ0n) is 15.9. The van der Waals surface area contributed by atoms with E-state index < -0.39 is 0 Å². The Hall–Kier alpha value is -2.62. The van der Waals surface area contributed by atoms with Gasteiger partial charge in [-0.25, -0.2) is 9.97 Å². The number of ketones is 1. The standard InChI is InChI=1S/C19H21N5O3S/c1-11(25)13-8-24(19-21-6-7-28-19)18-12(17(13)26)4-5-16(22-18)23-9-14(20-2)15(10-23)27-3/h4-8,14-15,20H,9-10H2,1-3H3/t14-,15+/m0/s1. The number of carbonyl (C=O) groups is 1. The summed E-state index contributed by atoms with van der Waals surface area (Å²) >= 11 is 1.42. The van der Waals surface area contributed by atoms with E-state index in [0.29, 0.717) is 22.7 Å². The summed E-state index contributed by atoms with van der Waals surface area (Å²) in [5.41, 5.74) is 0.316. The lowest BCUT2D eigenvalue weighted by Gasteiger charge is -2.18. The van der Waals surface area contributed by atoms with Crippen LogP contribution in [0.25, 0.3) is 16.2 Å². The third-order valence-electron chi connectivity index (χ3n) is 5.10. The third-order valence-corrected chi connectivity index (χ3v) is 5.88. The maximum atomic E-state index is 12.8. The maximum absolute atomic E-state index is 12.8. The Labute approximate surface area is 165 Å². The van der Waals surface area contributed by atoms with E-state index in [1.54, 1.807) is 30.1 Å². The molecular weight excluding hydrogens is 378 g/mol. The summed E-state index contributed by atoms with van der Waals surface area (Å²) in [6, 6.07) is 3.76. The Morgan fingerprint density at radius 1 is 1.36 bits per heavy atom. The van der Waals surface area contributed by atoms with Crippen LogP contribution in [-0.4, -0.2) is 59.7 Å². The van der Waals surface area contributed by atoms with Crippen LogP contribution in [0.4, 0.5) is 5.82 Å². The zero-order valence-corrected chi connectivity index (χ0v) is 16.7. The van der Waals surface area contributed by atoms with Crippen LogP contribution < -0.4 is 15.6 Å². The summed E-state index contributed by atoms with van der Waals surface area (Å²) in [6.45, 7) is 2.84. The summed E-state index contributed by atoms with van der Waals surface area (Å²) < 4.78 is 7.29. The molecule has 2 atom stereocenters. The smallest absolute Gasteiger partial charge is 0.201 e. The number of methoxy groups -OCH3 is 1. The molecule has 0 bridgehead atoms. The number of Topliss-reactive ketones (excluding diaryl/α,β-unsaturated/α-hetero) is 1. The molecule has 4 rings (SSSR count). The highest BCUT2D eigenvalue weighted by Crippen LogP contribution is 2.24. The van der Waals surface area contributed by atoms with E-state index in [4.69, 9.17) is 9.72 Å². The van der Waals surface area contributed by atoms with Crippen LogP contribution in [0.2, 0.25) is 0 Å². The first-order valence-corrected chi connectivity index (χ1v) is 9.83. The minimum atomic E-state index is -0.307. The van der Waals surface area contributed by atoms with Gasteiger partial charge < -0.3 is 15.0 Å². The lowest BCUT2D eigenvalue weighted by molar-refractivity contribution is 0.0995. The summed E-state index contributed by atoms with van der Waals surface area (Å²) in [6.07, 6.45) is 3.28. The van der Waals surface area contributed by atoms with E-state index in [1.807, 2.05) is 18.5 Å². The van der Waals surface area contributed by atoms with E-state index in [0.717, 1.165) is 12.4 Å². The molecule has 1 saturated heterocycles. The van der Waals surface area contributed by atoms with Gasteiger partial charge in [-0.2, -0.15) is 0 Å². The summed E-state index contributed by atoms with van der Waals surface area (Å²) in [4.78, 5) is 36.0. The number of hydrogen-bond donors (Lipinski definition) is 1. The number of anilines is 1. The molecule has 0 aromatic carbocycles. The average Bonchev–Trinajstić information content (AvgIpc) is 3.37. The highest BCUT2D eigenvalue weighted by Gasteiger charge is 2.32. The fourth-order valence-electron chi connectivity index (χ4n) is 3.58. The zero-order chi connectivity index (χ0) is 19.8. The highest BCUT2D eigenvalue weighted by atomic mass is 32.1. The molecule has 0 radical (unpaired) electrons. The van der Waals surface area contributed by atoms with Crippen molar-refractivity contribution < 1.29 is 9.53 Å². The van der Waals surface area contributed by atoms with Crippen molar-refractivity contribution in [3.05, 3.63) is 45.7 Å². The Morgan fingerprint density at radius 3 is 2.79 bits per heavy atom. The first kappa shape index (κ1) is 18.7. The molecule has 8 nitrogen and oxygen atoms in total. The van der Waals surface area contributed by atoms with E-state index in [9.17, 15) is 9.59 Å². The van der Waals surface area contributed by atoms with E-state index >= 15 is 0 Å². The minimum absolute atomic E-state index is 0.0590. The second-order valence-electron chi connectivity index (χ2n) is 6.73. The van der Waals surface area contributed by atoms with Crippen LogP contribution in [0.3, 0.4) is 0 Å². The Morgan fingerprint density at radius 2 is 2.18 bits per heavy atom. The molecule has 146 valence electrons. The summed E-state index contributed by atoms with van der Waals surface area (Å²) in [5, 5.41) is 6.17. The van der Waals surface area contributed by atoms with Gasteiger partial charge in [0, 0.05) is 38.0 Å². The molecule has 3 aromatic heterocycles. The predicted molar refractivity (Wildman–Crippen MR) is 109 cm³/mol. The Kier molecular flexibility index (Phi) is 4.96. The SMILES string of the molecule is CN[C@H]1CN(c2ccc3c(=O)c(C(C)=O)cn(-c4nccs4)c3n2)C[C@H]1OC. The van der Waals surface area contributed by atoms with Crippen molar-refractivity contribution in [2.45, 2.75) is 19.1 Å². The molecule has 28 heavy (non-hydrogen) atoms. The van der Waals surface area contributed by atoms with Gasteiger partial charge in [0.15, 0.2) is 16.6 Å². The molecule has 0 aliphatic carbocycles. The van der Waals surface area contributed by atoms with Gasteiger partial charge in [0.05, 0.1) is 23.1 Å². The monoisotopic (exact) mass is 399 g/mol. The quantitative estimate of drug-likeness (QED) is 0.650. The molecular formula is C19H21N5O3S. The van der Waals surface area contributed by atoms with Crippen LogP contribution in [0, 0.1) is 0 Å². The van der Waals surface area contributed by atoms with Crippen molar-refractivity contribution in [2.24, 2.45) is 0 Å². The van der Waals surface area contributed by atoms with Crippen molar-refractivity contribution in [1.29, 1.82) is 0 Å². The molecule has 4 heterocycles. The fraction of sp³-hybridized carbons (Fsp3) is 0.368. The molecule has 1 aliphatic heterocycles. The number of thiazole rings is 1. The molecule has 3 aromatic rings. The number of likely N-dealkylation sites (N-methyl/N-ethyl adjacent to an activating group) is 1. The van der Waals surface area contributed by atoms with Gasteiger partial charge in [-0.15, -0.1) is 11.3 Å². The normalized spacial score (nSPS) is 19.5. The number of pyridine rings is 2. The van der Waals surface area contributed by atoms with Gasteiger partial charge in [-0.3, -0.25) is 14.2 Å². The summed E-state index contributed by atoms with van der Waals surface area (Å²) in [7, 11) is 3.62. The van der Waals surface area contributed by atoms with E-state index in [-0.39, 0.29) is 28.9 Å². The molecule has 1 N–H and O–H groups in total. The van der Waals surface area contributed by atoms with Gasteiger partial charge >= 0.3 is 0 Å². The number of ether oxygens (including phenoxy) is 1. The van der Waals surface area contributed by atoms with Crippen LogP contribution >= 0.6 is 11.3 Å². The third kappa shape index (κ3) is 3.11. The first-order valence-electron chi connectivity index (χ1n) is 8.95. The highest BCUT2D eigenvalue weighted by molar-refractivity contribution is 7.12. The molecule has 0 saturated carbocycles.